The average Bonchev–Trinajstić information content (AvgIpc) is 2.73. The largest absolute Gasteiger partial charge is 0.508 e. The Bertz CT molecular complexity index is 1230. The van der Waals surface area contributed by atoms with Gasteiger partial charge in [0.05, 0.1) is 28.1 Å². The second kappa shape index (κ2) is 9.49. The van der Waals surface area contributed by atoms with Gasteiger partial charge in [-0.15, -0.1) is 0 Å². The highest BCUT2D eigenvalue weighted by atomic mass is 32.2. The van der Waals surface area contributed by atoms with Crippen molar-refractivity contribution < 1.29 is 14.4 Å². The predicted octanol–water partition coefficient (Wildman–Crippen LogP) is 2.07. The number of nitrogens with two attached hydrogens (primary N) is 1. The van der Waals surface area contributed by atoms with Crippen LogP contribution in [0.15, 0.2) is 59.6 Å². The lowest BCUT2D eigenvalue weighted by molar-refractivity contribution is 0.281. The number of aromatic hydroxyl groups is 1. The van der Waals surface area contributed by atoms with E-state index in [1.807, 2.05) is 6.92 Å². The highest BCUT2D eigenvalue weighted by Gasteiger charge is 2.10. The first-order chi connectivity index (χ1) is 14.7. The lowest BCUT2D eigenvalue weighted by Gasteiger charge is -2.14. The van der Waals surface area contributed by atoms with E-state index in [-0.39, 0.29) is 18.4 Å². The van der Waals surface area contributed by atoms with Crippen LogP contribution < -0.4 is 15.8 Å². The Morgan fingerprint density at radius 2 is 1.97 bits per heavy atom. The molecule has 6 N–H and O–H groups in total. The molecule has 1 heterocycles. The predicted molar refractivity (Wildman–Crippen MR) is 124 cm³/mol. The van der Waals surface area contributed by atoms with E-state index in [0.717, 1.165) is 0 Å². The van der Waals surface area contributed by atoms with Crippen molar-refractivity contribution in [2.24, 2.45) is 5.14 Å². The van der Waals surface area contributed by atoms with Crippen LogP contribution in [0.2, 0.25) is 0 Å². The van der Waals surface area contributed by atoms with Crippen LogP contribution in [-0.2, 0) is 9.71 Å². The fourth-order valence-electron chi connectivity index (χ4n) is 2.54. The Kier molecular flexibility index (Phi) is 6.77. The van der Waals surface area contributed by atoms with Crippen LogP contribution in [0.1, 0.15) is 18.1 Å². The smallest absolute Gasteiger partial charge is 0.229 e. The molecule has 3 rings (SSSR count). The Morgan fingerprint density at radius 3 is 2.61 bits per heavy atom. The first-order valence-corrected chi connectivity index (χ1v) is 11.1. The van der Waals surface area contributed by atoms with E-state index < -0.39 is 9.71 Å². The second-order valence-electron chi connectivity index (χ2n) is 6.86. The van der Waals surface area contributed by atoms with E-state index in [9.17, 15) is 14.4 Å². The fraction of sp³-hybridized carbons (Fsp3) is 0.136. The highest BCUT2D eigenvalue weighted by molar-refractivity contribution is 7.98. The summed E-state index contributed by atoms with van der Waals surface area (Å²) in [4.78, 5) is 9.21. The zero-order valence-corrected chi connectivity index (χ0v) is 17.7. The zero-order chi connectivity index (χ0) is 22.4. The van der Waals surface area contributed by atoms with Gasteiger partial charge in [0.1, 0.15) is 11.6 Å². The first kappa shape index (κ1) is 22.1. The molecule has 0 bridgehead atoms. The second-order valence-corrected chi connectivity index (χ2v) is 8.78. The van der Waals surface area contributed by atoms with E-state index in [0.29, 0.717) is 33.5 Å². The Labute approximate surface area is 181 Å². The summed E-state index contributed by atoms with van der Waals surface area (Å²) in [7, 11) is -2.78. The highest BCUT2D eigenvalue weighted by Crippen LogP contribution is 2.19. The topological polar surface area (TPSA) is 133 Å². The number of aliphatic hydroxyl groups excluding tert-OH is 1. The van der Waals surface area contributed by atoms with Gasteiger partial charge in [0.15, 0.2) is 0 Å². The van der Waals surface area contributed by atoms with Gasteiger partial charge in [-0.05, 0) is 55.3 Å². The summed E-state index contributed by atoms with van der Waals surface area (Å²) in [5.74, 6) is 10.3. The SMILES string of the molecule is C=S(N)(=O)c1ccc(Nc2ncc(C#Cc3cccc(O)c3)c(N[C@H](C)CO)n2)cc1. The molecular weight excluding hydrogens is 414 g/mol. The summed E-state index contributed by atoms with van der Waals surface area (Å²) < 4.78 is 11.8. The number of rotatable bonds is 6. The summed E-state index contributed by atoms with van der Waals surface area (Å²) >= 11 is 0. The van der Waals surface area contributed by atoms with E-state index in [4.69, 9.17) is 5.14 Å². The number of benzene rings is 2. The van der Waals surface area contributed by atoms with Gasteiger partial charge >= 0.3 is 0 Å². The molecule has 31 heavy (non-hydrogen) atoms. The third-order valence-corrected chi connectivity index (χ3v) is 5.21. The van der Waals surface area contributed by atoms with Crippen molar-refractivity contribution in [1.29, 1.82) is 0 Å². The molecule has 1 aromatic heterocycles. The summed E-state index contributed by atoms with van der Waals surface area (Å²) in [5.41, 5.74) is 1.85. The quantitative estimate of drug-likeness (QED) is 0.294. The maximum atomic E-state index is 11.8. The van der Waals surface area contributed by atoms with E-state index in [1.54, 1.807) is 54.7 Å². The van der Waals surface area contributed by atoms with Gasteiger partial charge in [0.2, 0.25) is 5.95 Å². The summed E-state index contributed by atoms with van der Waals surface area (Å²) in [5, 5.41) is 30.7. The summed E-state index contributed by atoms with van der Waals surface area (Å²) in [6.07, 6.45) is 1.56. The van der Waals surface area contributed by atoms with E-state index in [1.165, 1.54) is 0 Å². The monoisotopic (exact) mass is 437 g/mol. The number of phenols is 1. The van der Waals surface area contributed by atoms with Crippen LogP contribution in [0.3, 0.4) is 0 Å². The van der Waals surface area contributed by atoms with Crippen LogP contribution in [0.25, 0.3) is 0 Å². The van der Waals surface area contributed by atoms with Crippen molar-refractivity contribution >= 4 is 33.0 Å². The standard InChI is InChI=1S/C22H23N5O3S/c1-15(14-28)25-21-17(7-6-16-4-3-5-19(29)12-16)13-24-22(27-21)26-18-8-10-20(11-9-18)31(2,23)30/h3-5,8-13,15,28-29H,2,14H2,1H3,(H2,23,30)(H2,24,25,26,27)/t15-,31?/m1/s1. The van der Waals surface area contributed by atoms with Crippen LogP contribution in [-0.4, -0.2) is 42.9 Å². The maximum absolute atomic E-state index is 11.8. The Hall–Kier alpha value is -3.58. The number of phenolic OH excluding ortho intramolecular Hbond substituents is 1. The summed E-state index contributed by atoms with van der Waals surface area (Å²) in [6.45, 7) is 1.72. The molecule has 8 nitrogen and oxygen atoms in total. The van der Waals surface area contributed by atoms with E-state index >= 15 is 0 Å². The van der Waals surface area contributed by atoms with Gasteiger partial charge in [-0.1, -0.05) is 17.9 Å². The van der Waals surface area contributed by atoms with Gasteiger partial charge in [-0.3, -0.25) is 5.14 Å². The van der Waals surface area contributed by atoms with Gasteiger partial charge in [0.25, 0.3) is 0 Å². The molecule has 0 aliphatic carbocycles. The molecule has 1 unspecified atom stereocenters. The minimum atomic E-state index is -2.78. The van der Waals surface area contributed by atoms with Crippen molar-refractivity contribution in [3.8, 4) is 17.6 Å². The molecule has 0 fully saturated rings. The molecule has 0 amide bonds. The first-order valence-electron chi connectivity index (χ1n) is 9.32. The lowest BCUT2D eigenvalue weighted by atomic mass is 10.2. The summed E-state index contributed by atoms with van der Waals surface area (Å²) in [6, 6.07) is 13.0. The number of hydrogen-bond acceptors (Lipinski definition) is 7. The van der Waals surface area contributed by atoms with Gasteiger partial charge in [0, 0.05) is 22.2 Å². The normalized spacial score (nSPS) is 13.4. The average molecular weight is 438 g/mol. The van der Waals surface area contributed by atoms with Crippen LogP contribution in [0, 0.1) is 11.8 Å². The molecule has 0 saturated heterocycles. The molecule has 0 spiro atoms. The van der Waals surface area contributed by atoms with Crippen molar-refractivity contribution in [2.75, 3.05) is 17.2 Å². The molecule has 9 heteroatoms. The number of nitrogens with zero attached hydrogens (tertiary/aromatic N) is 2. The number of nitrogens with one attached hydrogen (secondary N) is 2. The van der Waals surface area contributed by atoms with E-state index in [2.05, 4.69) is 38.3 Å². The third kappa shape index (κ3) is 6.20. The molecule has 2 aromatic carbocycles. The van der Waals surface area contributed by atoms with Crippen molar-refractivity contribution in [1.82, 2.24) is 9.97 Å². The molecule has 0 saturated carbocycles. The molecule has 0 radical (unpaired) electrons. The maximum Gasteiger partial charge on any atom is 0.229 e. The van der Waals surface area contributed by atoms with Crippen molar-refractivity contribution in [3.05, 3.63) is 65.9 Å². The van der Waals surface area contributed by atoms with Crippen molar-refractivity contribution in [2.45, 2.75) is 17.9 Å². The molecule has 2 atom stereocenters. The number of hydrogen-bond donors (Lipinski definition) is 5. The molecule has 160 valence electrons. The molecular formula is C22H23N5O3S. The van der Waals surface area contributed by atoms with Crippen LogP contribution in [0.5, 0.6) is 5.75 Å². The van der Waals surface area contributed by atoms with Crippen LogP contribution in [0.4, 0.5) is 17.5 Å². The van der Waals surface area contributed by atoms with Gasteiger partial charge in [-0.25, -0.2) is 9.19 Å². The molecule has 3 aromatic rings. The van der Waals surface area contributed by atoms with Gasteiger partial charge < -0.3 is 20.8 Å². The number of anilines is 3. The molecule has 0 aliphatic heterocycles. The van der Waals surface area contributed by atoms with Crippen LogP contribution >= 0.6 is 0 Å². The number of aliphatic hydroxyl groups is 1. The minimum Gasteiger partial charge on any atom is -0.508 e. The Balaban J connectivity index is 1.88. The molecule has 0 aliphatic rings. The number of aromatic nitrogens is 2. The zero-order valence-electron chi connectivity index (χ0n) is 16.9. The lowest BCUT2D eigenvalue weighted by Crippen LogP contribution is -2.21. The third-order valence-electron chi connectivity index (χ3n) is 4.14. The van der Waals surface area contributed by atoms with Gasteiger partial charge in [-0.2, -0.15) is 4.98 Å². The minimum absolute atomic E-state index is 0.0862. The Morgan fingerprint density at radius 1 is 1.23 bits per heavy atom. The fourth-order valence-corrected chi connectivity index (χ4v) is 3.14. The van der Waals surface area contributed by atoms with Crippen molar-refractivity contribution in [3.63, 3.8) is 0 Å².